The third-order valence-electron chi connectivity index (χ3n) is 2.50. The van der Waals surface area contributed by atoms with Crippen molar-refractivity contribution in [2.75, 3.05) is 6.54 Å². The average Bonchev–Trinajstić information content (AvgIpc) is 2.22. The van der Waals surface area contributed by atoms with Crippen molar-refractivity contribution in [2.24, 2.45) is 0 Å². The molecule has 1 aromatic rings. The molecular weight excluding hydrogens is 196 g/mol. The minimum Gasteiger partial charge on any atom is -0.313 e. The van der Waals surface area contributed by atoms with E-state index in [1.807, 2.05) is 0 Å². The lowest BCUT2D eigenvalue weighted by Crippen LogP contribution is -2.14. The van der Waals surface area contributed by atoms with Crippen molar-refractivity contribution in [1.82, 2.24) is 5.32 Å². The van der Waals surface area contributed by atoms with Crippen LogP contribution in [0.2, 0.25) is 0 Å². The average molecular weight is 216 g/mol. The molecule has 2 nitrogen and oxygen atoms in total. The molecule has 0 saturated carbocycles. The first-order valence-electron chi connectivity index (χ1n) is 5.87. The number of hydrogen-bond acceptors (Lipinski definition) is 2. The SMILES string of the molecule is Cc1cc(C)cc(CNCCCCC#N)c1. The smallest absolute Gasteiger partial charge is 0.0621 e. The summed E-state index contributed by atoms with van der Waals surface area (Å²) in [6.45, 7) is 6.18. The lowest BCUT2D eigenvalue weighted by Gasteiger charge is -2.06. The monoisotopic (exact) mass is 216 g/mol. The van der Waals surface area contributed by atoms with Gasteiger partial charge in [0, 0.05) is 13.0 Å². The van der Waals surface area contributed by atoms with Crippen LogP contribution >= 0.6 is 0 Å². The summed E-state index contributed by atoms with van der Waals surface area (Å²) in [4.78, 5) is 0. The second kappa shape index (κ2) is 7.03. The first-order valence-corrected chi connectivity index (χ1v) is 5.87. The number of benzene rings is 1. The van der Waals surface area contributed by atoms with Gasteiger partial charge in [0.1, 0.15) is 0 Å². The van der Waals surface area contributed by atoms with Crippen molar-refractivity contribution in [1.29, 1.82) is 5.26 Å². The fourth-order valence-corrected chi connectivity index (χ4v) is 1.86. The summed E-state index contributed by atoms with van der Waals surface area (Å²) in [6, 6.07) is 8.79. The van der Waals surface area contributed by atoms with Gasteiger partial charge in [-0.25, -0.2) is 0 Å². The Morgan fingerprint density at radius 1 is 1.12 bits per heavy atom. The van der Waals surface area contributed by atoms with Gasteiger partial charge < -0.3 is 5.32 Å². The standard InChI is InChI=1S/C14H20N2/c1-12-8-13(2)10-14(9-12)11-16-7-5-3-4-6-15/h8-10,16H,3-5,7,11H2,1-2H3. The van der Waals surface area contributed by atoms with Gasteiger partial charge in [0.15, 0.2) is 0 Å². The molecular formula is C14H20N2. The number of nitrogens with one attached hydrogen (secondary N) is 1. The molecule has 0 spiro atoms. The van der Waals surface area contributed by atoms with Crippen LogP contribution in [0.25, 0.3) is 0 Å². The Labute approximate surface area is 98.3 Å². The van der Waals surface area contributed by atoms with Crippen LogP contribution in [0.5, 0.6) is 0 Å². The van der Waals surface area contributed by atoms with Crippen molar-refractivity contribution < 1.29 is 0 Å². The van der Waals surface area contributed by atoms with Crippen LogP contribution in [-0.2, 0) is 6.54 Å². The molecule has 0 fully saturated rings. The highest BCUT2D eigenvalue weighted by molar-refractivity contribution is 5.28. The van der Waals surface area contributed by atoms with E-state index in [0.29, 0.717) is 6.42 Å². The Morgan fingerprint density at radius 3 is 2.44 bits per heavy atom. The van der Waals surface area contributed by atoms with E-state index in [9.17, 15) is 0 Å². The van der Waals surface area contributed by atoms with Crippen LogP contribution in [0.4, 0.5) is 0 Å². The molecule has 0 aliphatic heterocycles. The molecule has 0 amide bonds. The number of hydrogen-bond donors (Lipinski definition) is 1. The van der Waals surface area contributed by atoms with Crippen LogP contribution in [0.1, 0.15) is 36.0 Å². The summed E-state index contributed by atoms with van der Waals surface area (Å²) in [6.07, 6.45) is 2.75. The Kier molecular flexibility index (Phi) is 5.60. The van der Waals surface area contributed by atoms with Crippen LogP contribution in [0.15, 0.2) is 18.2 Å². The molecule has 1 aromatic carbocycles. The van der Waals surface area contributed by atoms with Gasteiger partial charge in [-0.05, 0) is 38.8 Å². The molecule has 1 rings (SSSR count). The predicted octanol–water partition coefficient (Wildman–Crippen LogP) is 3.09. The Hall–Kier alpha value is -1.33. The molecule has 2 heteroatoms. The van der Waals surface area contributed by atoms with Crippen molar-refractivity contribution in [2.45, 2.75) is 39.7 Å². The highest BCUT2D eigenvalue weighted by atomic mass is 14.8. The maximum Gasteiger partial charge on any atom is 0.0621 e. The van der Waals surface area contributed by atoms with E-state index in [-0.39, 0.29) is 0 Å². The van der Waals surface area contributed by atoms with Crippen LogP contribution in [0, 0.1) is 25.2 Å². The normalized spacial score (nSPS) is 10.1. The second-order valence-corrected chi connectivity index (χ2v) is 4.29. The lowest BCUT2D eigenvalue weighted by molar-refractivity contribution is 0.628. The van der Waals surface area contributed by atoms with Gasteiger partial charge in [-0.1, -0.05) is 29.3 Å². The quantitative estimate of drug-likeness (QED) is 0.742. The maximum atomic E-state index is 8.39. The Bertz CT molecular complexity index is 343. The Morgan fingerprint density at radius 2 is 1.81 bits per heavy atom. The summed E-state index contributed by atoms with van der Waals surface area (Å²) in [5.74, 6) is 0. The minimum absolute atomic E-state index is 0.672. The molecule has 0 atom stereocenters. The number of rotatable bonds is 6. The van der Waals surface area contributed by atoms with E-state index in [1.165, 1.54) is 16.7 Å². The molecule has 1 N–H and O–H groups in total. The van der Waals surface area contributed by atoms with Gasteiger partial charge >= 0.3 is 0 Å². The molecule has 0 aromatic heterocycles. The van der Waals surface area contributed by atoms with Crippen molar-refractivity contribution in [3.63, 3.8) is 0 Å². The van der Waals surface area contributed by atoms with E-state index in [4.69, 9.17) is 5.26 Å². The summed E-state index contributed by atoms with van der Waals surface area (Å²) in [5.41, 5.74) is 3.99. The van der Waals surface area contributed by atoms with Gasteiger partial charge in [0.05, 0.1) is 6.07 Å². The van der Waals surface area contributed by atoms with Crippen molar-refractivity contribution >= 4 is 0 Å². The third-order valence-corrected chi connectivity index (χ3v) is 2.50. The lowest BCUT2D eigenvalue weighted by atomic mass is 10.1. The molecule has 0 saturated heterocycles. The molecule has 0 aliphatic carbocycles. The largest absolute Gasteiger partial charge is 0.313 e. The van der Waals surface area contributed by atoms with Gasteiger partial charge in [-0.3, -0.25) is 0 Å². The van der Waals surface area contributed by atoms with Crippen LogP contribution in [0.3, 0.4) is 0 Å². The molecule has 0 unspecified atom stereocenters. The van der Waals surface area contributed by atoms with Crippen LogP contribution < -0.4 is 5.32 Å². The van der Waals surface area contributed by atoms with E-state index in [1.54, 1.807) is 0 Å². The van der Waals surface area contributed by atoms with Gasteiger partial charge in [0.2, 0.25) is 0 Å². The van der Waals surface area contributed by atoms with Crippen molar-refractivity contribution in [3.05, 3.63) is 34.9 Å². The highest BCUT2D eigenvalue weighted by Crippen LogP contribution is 2.08. The number of aryl methyl sites for hydroxylation is 2. The number of nitriles is 1. The molecule has 0 aliphatic rings. The molecule has 0 heterocycles. The third kappa shape index (κ3) is 4.95. The van der Waals surface area contributed by atoms with Crippen LogP contribution in [-0.4, -0.2) is 6.54 Å². The van der Waals surface area contributed by atoms with E-state index < -0.39 is 0 Å². The minimum atomic E-state index is 0.672. The van der Waals surface area contributed by atoms with Gasteiger partial charge in [-0.2, -0.15) is 5.26 Å². The van der Waals surface area contributed by atoms with E-state index in [2.05, 4.69) is 43.4 Å². The molecule has 0 radical (unpaired) electrons. The highest BCUT2D eigenvalue weighted by Gasteiger charge is 1.95. The number of nitrogens with zero attached hydrogens (tertiary/aromatic N) is 1. The zero-order valence-electron chi connectivity index (χ0n) is 10.2. The molecule has 86 valence electrons. The van der Waals surface area contributed by atoms with E-state index in [0.717, 1.165) is 25.9 Å². The number of unbranched alkanes of at least 4 members (excludes halogenated alkanes) is 2. The zero-order valence-corrected chi connectivity index (χ0v) is 10.2. The fourth-order valence-electron chi connectivity index (χ4n) is 1.86. The topological polar surface area (TPSA) is 35.8 Å². The Balaban J connectivity index is 2.24. The summed E-state index contributed by atoms with van der Waals surface area (Å²) in [5, 5.41) is 11.8. The van der Waals surface area contributed by atoms with E-state index >= 15 is 0 Å². The fraction of sp³-hybridized carbons (Fsp3) is 0.500. The molecule has 16 heavy (non-hydrogen) atoms. The second-order valence-electron chi connectivity index (χ2n) is 4.29. The first kappa shape index (κ1) is 12.7. The zero-order chi connectivity index (χ0) is 11.8. The first-order chi connectivity index (χ1) is 7.72. The molecule has 0 bridgehead atoms. The maximum absolute atomic E-state index is 8.39. The predicted molar refractivity (Wildman–Crippen MR) is 67.1 cm³/mol. The summed E-state index contributed by atoms with van der Waals surface area (Å²) in [7, 11) is 0. The van der Waals surface area contributed by atoms with Gasteiger partial charge in [0.25, 0.3) is 0 Å². The summed E-state index contributed by atoms with van der Waals surface area (Å²) < 4.78 is 0. The summed E-state index contributed by atoms with van der Waals surface area (Å²) >= 11 is 0. The van der Waals surface area contributed by atoms with Gasteiger partial charge in [-0.15, -0.1) is 0 Å². The van der Waals surface area contributed by atoms with Crippen molar-refractivity contribution in [3.8, 4) is 6.07 Å².